The number of hydrogen-bond acceptors (Lipinski definition) is 4. The number of benzene rings is 1. The van der Waals surface area contributed by atoms with Crippen LogP contribution in [0, 0.1) is 0 Å². The first-order valence-electron chi connectivity index (χ1n) is 6.91. The van der Waals surface area contributed by atoms with Crippen molar-refractivity contribution in [2.24, 2.45) is 0 Å². The zero-order valence-corrected chi connectivity index (χ0v) is 12.8. The zero-order chi connectivity index (χ0) is 15.1. The van der Waals surface area contributed by atoms with E-state index in [1.165, 1.54) is 0 Å². The number of hydrogen-bond donors (Lipinski definition) is 2. The van der Waals surface area contributed by atoms with Crippen molar-refractivity contribution >= 4 is 15.7 Å². The number of rotatable bonds is 8. The molecule has 21 heavy (non-hydrogen) atoms. The lowest BCUT2D eigenvalue weighted by Gasteiger charge is -2.08. The molecular weight excluding hydrogens is 288 g/mol. The summed E-state index contributed by atoms with van der Waals surface area (Å²) in [5.41, 5.74) is 0.913. The molecule has 0 aliphatic carbocycles. The van der Waals surface area contributed by atoms with Gasteiger partial charge in [-0.1, -0.05) is 0 Å². The number of sulfonamides is 1. The van der Waals surface area contributed by atoms with Crippen molar-refractivity contribution in [3.05, 3.63) is 43.0 Å². The van der Waals surface area contributed by atoms with Gasteiger partial charge in [0.15, 0.2) is 0 Å². The second-order valence-electron chi connectivity index (χ2n) is 4.61. The molecule has 1 heterocycles. The maximum atomic E-state index is 12.1. The highest BCUT2D eigenvalue weighted by molar-refractivity contribution is 7.89. The van der Waals surface area contributed by atoms with Gasteiger partial charge in [-0.05, 0) is 37.6 Å². The molecule has 2 aromatic rings. The average molecular weight is 308 g/mol. The van der Waals surface area contributed by atoms with Crippen LogP contribution in [0.1, 0.15) is 13.3 Å². The van der Waals surface area contributed by atoms with Gasteiger partial charge in [-0.2, -0.15) is 0 Å². The fraction of sp³-hybridized carbons (Fsp3) is 0.357. The van der Waals surface area contributed by atoms with Gasteiger partial charge in [-0.3, -0.25) is 0 Å². The lowest BCUT2D eigenvalue weighted by atomic mass is 10.3. The number of aryl methyl sites for hydroxylation is 1. The minimum Gasteiger partial charge on any atom is -0.385 e. The van der Waals surface area contributed by atoms with E-state index >= 15 is 0 Å². The summed E-state index contributed by atoms with van der Waals surface area (Å²) < 4.78 is 28.7. The number of nitrogens with zero attached hydrogens (tertiary/aromatic N) is 2. The zero-order valence-electron chi connectivity index (χ0n) is 12.0. The van der Waals surface area contributed by atoms with E-state index in [1.54, 1.807) is 36.8 Å². The van der Waals surface area contributed by atoms with Gasteiger partial charge in [0, 0.05) is 37.7 Å². The predicted molar refractivity (Wildman–Crippen MR) is 82.6 cm³/mol. The van der Waals surface area contributed by atoms with E-state index in [0.29, 0.717) is 13.0 Å². The Balaban J connectivity index is 1.85. The minimum atomic E-state index is -3.44. The summed E-state index contributed by atoms with van der Waals surface area (Å²) in [7, 11) is -3.44. The molecule has 0 saturated heterocycles. The van der Waals surface area contributed by atoms with Gasteiger partial charge in [0.05, 0.1) is 11.2 Å². The normalized spacial score (nSPS) is 11.5. The molecule has 1 aromatic heterocycles. The van der Waals surface area contributed by atoms with E-state index in [4.69, 9.17) is 0 Å². The van der Waals surface area contributed by atoms with E-state index in [9.17, 15) is 8.42 Å². The summed E-state index contributed by atoms with van der Waals surface area (Å²) in [4.78, 5) is 4.22. The Labute approximate surface area is 125 Å². The highest BCUT2D eigenvalue weighted by Crippen LogP contribution is 2.13. The smallest absolute Gasteiger partial charge is 0.240 e. The number of aromatic nitrogens is 2. The highest BCUT2D eigenvalue weighted by Gasteiger charge is 2.12. The van der Waals surface area contributed by atoms with Crippen LogP contribution in [0.4, 0.5) is 5.69 Å². The van der Waals surface area contributed by atoms with E-state index < -0.39 is 10.0 Å². The van der Waals surface area contributed by atoms with Gasteiger partial charge < -0.3 is 9.88 Å². The van der Waals surface area contributed by atoms with Crippen LogP contribution < -0.4 is 10.0 Å². The largest absolute Gasteiger partial charge is 0.385 e. The van der Waals surface area contributed by atoms with E-state index in [0.717, 1.165) is 18.8 Å². The molecule has 0 unspecified atom stereocenters. The van der Waals surface area contributed by atoms with Crippen molar-refractivity contribution in [1.82, 2.24) is 14.3 Å². The molecule has 0 amide bonds. The molecule has 114 valence electrons. The van der Waals surface area contributed by atoms with Crippen molar-refractivity contribution in [1.29, 1.82) is 0 Å². The molecule has 0 radical (unpaired) electrons. The minimum absolute atomic E-state index is 0.284. The fourth-order valence-electron chi connectivity index (χ4n) is 1.93. The van der Waals surface area contributed by atoms with Crippen LogP contribution in [0.15, 0.2) is 47.9 Å². The Kier molecular flexibility index (Phi) is 5.35. The van der Waals surface area contributed by atoms with E-state index in [-0.39, 0.29) is 4.90 Å². The first-order valence-corrected chi connectivity index (χ1v) is 8.39. The third-order valence-electron chi connectivity index (χ3n) is 2.99. The third kappa shape index (κ3) is 4.57. The Hall–Kier alpha value is -1.86. The molecule has 7 heteroatoms. The lowest BCUT2D eigenvalue weighted by molar-refractivity contribution is 0.570. The average Bonchev–Trinajstić information content (AvgIpc) is 2.98. The maximum Gasteiger partial charge on any atom is 0.240 e. The molecule has 0 spiro atoms. The molecular formula is C14H20N4O2S. The first-order chi connectivity index (χ1) is 10.1. The summed E-state index contributed by atoms with van der Waals surface area (Å²) in [6.45, 7) is 3.93. The summed E-state index contributed by atoms with van der Waals surface area (Å²) in [6, 6.07) is 6.75. The van der Waals surface area contributed by atoms with Crippen molar-refractivity contribution in [3.63, 3.8) is 0 Å². The quantitative estimate of drug-likeness (QED) is 0.728. The topological polar surface area (TPSA) is 76.0 Å². The van der Waals surface area contributed by atoms with Gasteiger partial charge in [0.25, 0.3) is 0 Å². The van der Waals surface area contributed by atoms with Crippen LogP contribution in [0.3, 0.4) is 0 Å². The first kappa shape index (κ1) is 15.5. The second-order valence-corrected chi connectivity index (χ2v) is 6.37. The molecule has 2 N–H and O–H groups in total. The van der Waals surface area contributed by atoms with Crippen LogP contribution in [-0.2, 0) is 16.6 Å². The van der Waals surface area contributed by atoms with Crippen molar-refractivity contribution < 1.29 is 8.42 Å². The van der Waals surface area contributed by atoms with Crippen molar-refractivity contribution in [2.45, 2.75) is 24.8 Å². The predicted octanol–water partition coefficient (Wildman–Crippen LogP) is 1.68. The van der Waals surface area contributed by atoms with Gasteiger partial charge in [0.2, 0.25) is 10.0 Å². The Bertz CT molecular complexity index is 636. The molecule has 1 aromatic carbocycles. The molecule has 2 rings (SSSR count). The number of anilines is 1. The standard InChI is InChI=1S/C14H20N4O2S/c1-2-16-13-4-6-14(7-5-13)21(19,20)17-8-3-10-18-11-9-15-12-18/h4-7,9,11-12,16-17H,2-3,8,10H2,1H3. The van der Waals surface area contributed by atoms with Gasteiger partial charge in [-0.15, -0.1) is 0 Å². The summed E-state index contributed by atoms with van der Waals surface area (Å²) >= 11 is 0. The van der Waals surface area contributed by atoms with Crippen LogP contribution in [-0.4, -0.2) is 31.1 Å². The number of nitrogens with one attached hydrogen (secondary N) is 2. The summed E-state index contributed by atoms with van der Waals surface area (Å²) in [5, 5.41) is 3.13. The van der Waals surface area contributed by atoms with Gasteiger partial charge in [0.1, 0.15) is 0 Å². The summed E-state index contributed by atoms with van der Waals surface area (Å²) in [5.74, 6) is 0. The highest BCUT2D eigenvalue weighted by atomic mass is 32.2. The van der Waals surface area contributed by atoms with Crippen LogP contribution in [0.2, 0.25) is 0 Å². The molecule has 0 aliphatic heterocycles. The fourth-order valence-corrected chi connectivity index (χ4v) is 3.00. The van der Waals surface area contributed by atoms with Gasteiger partial charge >= 0.3 is 0 Å². The Morgan fingerprint density at radius 3 is 2.62 bits per heavy atom. The monoisotopic (exact) mass is 308 g/mol. The third-order valence-corrected chi connectivity index (χ3v) is 4.47. The second kappa shape index (κ2) is 7.24. The van der Waals surface area contributed by atoms with Crippen LogP contribution in [0.25, 0.3) is 0 Å². The van der Waals surface area contributed by atoms with Crippen molar-refractivity contribution in [3.8, 4) is 0 Å². The Morgan fingerprint density at radius 2 is 2.00 bits per heavy atom. The Morgan fingerprint density at radius 1 is 1.24 bits per heavy atom. The SMILES string of the molecule is CCNc1ccc(S(=O)(=O)NCCCn2ccnc2)cc1. The molecule has 0 saturated carbocycles. The number of imidazole rings is 1. The maximum absolute atomic E-state index is 12.1. The van der Waals surface area contributed by atoms with Crippen molar-refractivity contribution in [2.75, 3.05) is 18.4 Å². The molecule has 0 bridgehead atoms. The van der Waals surface area contributed by atoms with E-state index in [1.807, 2.05) is 17.7 Å². The van der Waals surface area contributed by atoms with Crippen LogP contribution >= 0.6 is 0 Å². The van der Waals surface area contributed by atoms with Gasteiger partial charge in [-0.25, -0.2) is 18.1 Å². The summed E-state index contributed by atoms with van der Waals surface area (Å²) in [6.07, 6.45) is 5.99. The molecule has 0 aliphatic rings. The van der Waals surface area contributed by atoms with Crippen LogP contribution in [0.5, 0.6) is 0 Å². The molecule has 0 fully saturated rings. The molecule has 6 nitrogen and oxygen atoms in total. The molecule has 0 atom stereocenters. The lowest BCUT2D eigenvalue weighted by Crippen LogP contribution is -2.25. The van der Waals surface area contributed by atoms with E-state index in [2.05, 4.69) is 15.0 Å².